The fraction of sp³-hybridized carbons (Fsp3) is 0.368. The minimum atomic E-state index is 0.297. The van der Waals surface area contributed by atoms with Gasteiger partial charge in [0.25, 0.3) is 0 Å². The van der Waals surface area contributed by atoms with Crippen molar-refractivity contribution in [2.45, 2.75) is 25.9 Å². The number of ether oxygens (including phenoxy) is 3. The maximum absolute atomic E-state index is 5.72. The second kappa shape index (κ2) is 7.90. The molecule has 1 unspecified atom stereocenters. The van der Waals surface area contributed by atoms with E-state index < -0.39 is 0 Å². The van der Waals surface area contributed by atoms with Gasteiger partial charge in [-0.1, -0.05) is 18.2 Å². The molecule has 0 radical (unpaired) electrons. The predicted octanol–water partition coefficient (Wildman–Crippen LogP) is 4.47. The van der Waals surface area contributed by atoms with Gasteiger partial charge in [-0.2, -0.15) is 0 Å². The first-order valence-corrected chi connectivity index (χ1v) is 8.96. The average molecular weight is 392 g/mol. The quantitative estimate of drug-likeness (QED) is 0.788. The van der Waals surface area contributed by atoms with Crippen molar-refractivity contribution in [1.29, 1.82) is 0 Å². The Balaban J connectivity index is 1.75. The molecule has 5 heteroatoms. The summed E-state index contributed by atoms with van der Waals surface area (Å²) in [4.78, 5) is 0. The van der Waals surface area contributed by atoms with Crippen LogP contribution in [0.3, 0.4) is 0 Å². The van der Waals surface area contributed by atoms with Crippen molar-refractivity contribution in [2.75, 3.05) is 20.3 Å². The molecule has 3 rings (SSSR count). The van der Waals surface area contributed by atoms with Crippen LogP contribution in [-0.2, 0) is 6.54 Å². The Morgan fingerprint density at radius 1 is 1.29 bits per heavy atom. The zero-order valence-electron chi connectivity index (χ0n) is 14.0. The van der Waals surface area contributed by atoms with E-state index in [2.05, 4.69) is 39.4 Å². The lowest BCUT2D eigenvalue weighted by atomic mass is 10.0. The Kier molecular flexibility index (Phi) is 5.63. The highest BCUT2D eigenvalue weighted by Crippen LogP contribution is 2.37. The maximum Gasteiger partial charge on any atom is 0.175 e. The van der Waals surface area contributed by atoms with Gasteiger partial charge in [0.15, 0.2) is 11.5 Å². The van der Waals surface area contributed by atoms with Gasteiger partial charge >= 0.3 is 0 Å². The number of hydrogen-bond acceptors (Lipinski definition) is 4. The first-order valence-electron chi connectivity index (χ1n) is 8.17. The summed E-state index contributed by atoms with van der Waals surface area (Å²) in [5, 5.41) is 3.63. The molecular formula is C19H22BrNO3. The second-order valence-electron chi connectivity index (χ2n) is 5.65. The molecule has 0 bridgehead atoms. The van der Waals surface area contributed by atoms with Gasteiger partial charge in [-0.25, -0.2) is 0 Å². The first kappa shape index (κ1) is 17.1. The van der Waals surface area contributed by atoms with Crippen LogP contribution in [0.1, 0.15) is 30.5 Å². The number of methoxy groups -OCH3 is 1. The molecule has 128 valence electrons. The van der Waals surface area contributed by atoms with Gasteiger partial charge in [0.05, 0.1) is 24.8 Å². The summed E-state index contributed by atoms with van der Waals surface area (Å²) >= 11 is 3.58. The molecule has 0 aliphatic carbocycles. The number of benzene rings is 2. The van der Waals surface area contributed by atoms with E-state index in [0.717, 1.165) is 46.9 Å². The zero-order chi connectivity index (χ0) is 16.9. The standard InChI is InChI=1S/C19H22BrNO3/c1-3-23-19-15(20)10-13(11-18(19)22-2)12-21-16-8-9-24-17-7-5-4-6-14(16)17/h4-7,10-11,16,21H,3,8-9,12H2,1-2H3. The average Bonchev–Trinajstić information content (AvgIpc) is 2.61. The first-order chi connectivity index (χ1) is 11.7. The number of para-hydroxylation sites is 1. The highest BCUT2D eigenvalue weighted by molar-refractivity contribution is 9.10. The van der Waals surface area contributed by atoms with Gasteiger partial charge in [-0.3, -0.25) is 0 Å². The van der Waals surface area contributed by atoms with Crippen LogP contribution in [0.4, 0.5) is 0 Å². The SMILES string of the molecule is CCOc1c(Br)cc(CNC2CCOc3ccccc32)cc1OC. The van der Waals surface area contributed by atoms with Crippen LogP contribution in [0.15, 0.2) is 40.9 Å². The molecule has 2 aromatic rings. The molecule has 0 fully saturated rings. The third-order valence-electron chi connectivity index (χ3n) is 4.09. The number of fused-ring (bicyclic) bond motifs is 1. The van der Waals surface area contributed by atoms with Crippen LogP contribution in [0.2, 0.25) is 0 Å². The molecule has 24 heavy (non-hydrogen) atoms. The van der Waals surface area contributed by atoms with Crippen LogP contribution in [-0.4, -0.2) is 20.3 Å². The summed E-state index contributed by atoms with van der Waals surface area (Å²) in [6, 6.07) is 12.6. The third-order valence-corrected chi connectivity index (χ3v) is 4.68. The van der Waals surface area contributed by atoms with Crippen LogP contribution in [0.5, 0.6) is 17.2 Å². The van der Waals surface area contributed by atoms with Gasteiger partial charge in [0, 0.05) is 24.6 Å². The fourth-order valence-corrected chi connectivity index (χ4v) is 3.56. The zero-order valence-corrected chi connectivity index (χ0v) is 15.6. The second-order valence-corrected chi connectivity index (χ2v) is 6.50. The molecule has 1 aliphatic rings. The van der Waals surface area contributed by atoms with Gasteiger partial charge < -0.3 is 19.5 Å². The molecule has 1 heterocycles. The van der Waals surface area contributed by atoms with E-state index >= 15 is 0 Å². The smallest absolute Gasteiger partial charge is 0.175 e. The molecule has 0 saturated carbocycles. The van der Waals surface area contributed by atoms with Crippen molar-refractivity contribution in [1.82, 2.24) is 5.32 Å². The minimum absolute atomic E-state index is 0.297. The van der Waals surface area contributed by atoms with Crippen LogP contribution in [0.25, 0.3) is 0 Å². The van der Waals surface area contributed by atoms with Crippen LogP contribution < -0.4 is 19.5 Å². The van der Waals surface area contributed by atoms with Gasteiger partial charge in [0.1, 0.15) is 5.75 Å². The van der Waals surface area contributed by atoms with E-state index in [4.69, 9.17) is 14.2 Å². The molecular weight excluding hydrogens is 370 g/mol. The van der Waals surface area contributed by atoms with Crippen molar-refractivity contribution in [2.24, 2.45) is 0 Å². The third kappa shape index (κ3) is 3.68. The van der Waals surface area contributed by atoms with Gasteiger partial charge in [0.2, 0.25) is 0 Å². The lowest BCUT2D eigenvalue weighted by Crippen LogP contribution is -2.26. The highest BCUT2D eigenvalue weighted by Gasteiger charge is 2.20. The van der Waals surface area contributed by atoms with E-state index in [9.17, 15) is 0 Å². The lowest BCUT2D eigenvalue weighted by molar-refractivity contribution is 0.252. The van der Waals surface area contributed by atoms with E-state index in [-0.39, 0.29) is 0 Å². The summed E-state index contributed by atoms with van der Waals surface area (Å²) in [5.74, 6) is 2.47. The predicted molar refractivity (Wildman–Crippen MR) is 98.0 cm³/mol. The molecule has 0 saturated heterocycles. The van der Waals surface area contributed by atoms with Crippen molar-refractivity contribution >= 4 is 15.9 Å². The summed E-state index contributed by atoms with van der Waals surface area (Å²) in [6.45, 7) is 4.06. The van der Waals surface area contributed by atoms with E-state index in [1.54, 1.807) is 7.11 Å². The maximum atomic E-state index is 5.72. The number of rotatable bonds is 6. The van der Waals surface area contributed by atoms with Crippen LogP contribution >= 0.6 is 15.9 Å². The Morgan fingerprint density at radius 3 is 2.92 bits per heavy atom. The largest absolute Gasteiger partial charge is 0.493 e. The highest BCUT2D eigenvalue weighted by atomic mass is 79.9. The Labute approximate surface area is 151 Å². The molecule has 1 atom stereocenters. The number of halogens is 1. The molecule has 1 N–H and O–H groups in total. The Hall–Kier alpha value is -1.72. The molecule has 1 aliphatic heterocycles. The minimum Gasteiger partial charge on any atom is -0.493 e. The monoisotopic (exact) mass is 391 g/mol. The van der Waals surface area contributed by atoms with Crippen molar-refractivity contribution in [3.63, 3.8) is 0 Å². The Bertz CT molecular complexity index is 705. The topological polar surface area (TPSA) is 39.7 Å². The van der Waals surface area contributed by atoms with E-state index in [1.165, 1.54) is 5.56 Å². The summed E-state index contributed by atoms with van der Waals surface area (Å²) in [5.41, 5.74) is 2.37. The molecule has 0 aromatic heterocycles. The summed E-state index contributed by atoms with van der Waals surface area (Å²) in [7, 11) is 1.66. The summed E-state index contributed by atoms with van der Waals surface area (Å²) in [6.07, 6.45) is 0.965. The molecule has 4 nitrogen and oxygen atoms in total. The van der Waals surface area contributed by atoms with Crippen molar-refractivity contribution in [3.8, 4) is 17.2 Å². The van der Waals surface area contributed by atoms with E-state index in [1.807, 2.05) is 25.1 Å². The van der Waals surface area contributed by atoms with Gasteiger partial charge in [-0.05, 0) is 46.6 Å². The number of hydrogen-bond donors (Lipinski definition) is 1. The fourth-order valence-electron chi connectivity index (χ4n) is 2.95. The molecule has 2 aromatic carbocycles. The molecule has 0 amide bonds. The number of nitrogens with one attached hydrogen (secondary N) is 1. The van der Waals surface area contributed by atoms with Crippen molar-refractivity contribution < 1.29 is 14.2 Å². The lowest BCUT2D eigenvalue weighted by Gasteiger charge is -2.27. The van der Waals surface area contributed by atoms with E-state index in [0.29, 0.717) is 12.6 Å². The van der Waals surface area contributed by atoms with Crippen molar-refractivity contribution in [3.05, 3.63) is 52.0 Å². The molecule has 0 spiro atoms. The summed E-state index contributed by atoms with van der Waals surface area (Å²) < 4.78 is 17.7. The Morgan fingerprint density at radius 2 is 2.12 bits per heavy atom. The van der Waals surface area contributed by atoms with Gasteiger partial charge in [-0.15, -0.1) is 0 Å². The van der Waals surface area contributed by atoms with Crippen LogP contribution in [0, 0.1) is 0 Å². The normalized spacial score (nSPS) is 16.2.